The zero-order valence-electron chi connectivity index (χ0n) is 17.3. The molecule has 154 valence electrons. The van der Waals surface area contributed by atoms with Gasteiger partial charge in [0, 0.05) is 8.95 Å². The second-order valence-electron chi connectivity index (χ2n) is 7.69. The average Bonchev–Trinajstić information content (AvgIpc) is 2.85. The molecule has 2 heteroatoms. The Bertz CT molecular complexity index is 1280. The molecule has 0 aliphatic carbocycles. The van der Waals surface area contributed by atoms with Crippen molar-refractivity contribution in [2.75, 3.05) is 0 Å². The Balaban J connectivity index is 1.86. The molecule has 0 N–H and O–H groups in total. The lowest BCUT2D eigenvalue weighted by Crippen LogP contribution is -1.93. The van der Waals surface area contributed by atoms with Gasteiger partial charge in [-0.25, -0.2) is 0 Å². The van der Waals surface area contributed by atoms with Crippen molar-refractivity contribution in [2.45, 2.75) is 0 Å². The number of halogens is 2. The lowest BCUT2D eigenvalue weighted by Gasteiger charge is -2.19. The summed E-state index contributed by atoms with van der Waals surface area (Å²) < 4.78 is 2.16. The Morgan fingerprint density at radius 3 is 1.19 bits per heavy atom. The predicted molar refractivity (Wildman–Crippen MR) is 144 cm³/mol. The van der Waals surface area contributed by atoms with Gasteiger partial charge >= 0.3 is 0 Å². The van der Waals surface area contributed by atoms with Crippen molar-refractivity contribution < 1.29 is 0 Å². The van der Waals surface area contributed by atoms with Gasteiger partial charge in [0.1, 0.15) is 0 Å². The smallest absolute Gasteiger partial charge is 0.0175 e. The van der Waals surface area contributed by atoms with Gasteiger partial charge in [0.2, 0.25) is 0 Å². The fourth-order valence-corrected chi connectivity index (χ4v) is 4.60. The molecule has 32 heavy (non-hydrogen) atoms. The third kappa shape index (κ3) is 4.34. The monoisotopic (exact) mass is 538 g/mol. The van der Waals surface area contributed by atoms with Gasteiger partial charge in [-0.2, -0.15) is 0 Å². The molecule has 0 nitrogen and oxygen atoms in total. The van der Waals surface area contributed by atoms with Gasteiger partial charge in [0.05, 0.1) is 0 Å². The number of benzene rings is 5. The quantitative estimate of drug-likeness (QED) is 0.213. The fourth-order valence-electron chi connectivity index (χ4n) is 4.07. The zero-order chi connectivity index (χ0) is 21.9. The molecule has 0 amide bonds. The van der Waals surface area contributed by atoms with E-state index in [0.29, 0.717) is 0 Å². The highest BCUT2D eigenvalue weighted by Crippen LogP contribution is 2.43. The SMILES string of the molecule is Brc1ccc(-c2cc(-c3ccccc3)c(-c3ccc(Br)cc3)c(-c3ccccc3)c2)cc1. The molecule has 0 unspecified atom stereocenters. The zero-order valence-corrected chi connectivity index (χ0v) is 20.5. The first-order chi connectivity index (χ1) is 15.7. The second kappa shape index (κ2) is 9.28. The van der Waals surface area contributed by atoms with Crippen molar-refractivity contribution >= 4 is 31.9 Å². The maximum Gasteiger partial charge on any atom is 0.0175 e. The van der Waals surface area contributed by atoms with Crippen LogP contribution in [-0.2, 0) is 0 Å². The minimum Gasteiger partial charge on any atom is -0.0622 e. The van der Waals surface area contributed by atoms with Crippen LogP contribution in [0.2, 0.25) is 0 Å². The van der Waals surface area contributed by atoms with E-state index >= 15 is 0 Å². The highest BCUT2D eigenvalue weighted by Gasteiger charge is 2.17. The molecular weight excluding hydrogens is 520 g/mol. The molecule has 0 spiro atoms. The largest absolute Gasteiger partial charge is 0.0622 e. The highest BCUT2D eigenvalue weighted by atomic mass is 79.9. The molecule has 0 fully saturated rings. The Morgan fingerprint density at radius 1 is 0.344 bits per heavy atom. The van der Waals surface area contributed by atoms with Crippen molar-refractivity contribution in [1.29, 1.82) is 0 Å². The van der Waals surface area contributed by atoms with Gasteiger partial charge in [-0.05, 0) is 80.9 Å². The van der Waals surface area contributed by atoms with Crippen molar-refractivity contribution in [3.8, 4) is 44.5 Å². The summed E-state index contributed by atoms with van der Waals surface area (Å²) in [5.74, 6) is 0. The standard InChI is InChI=1S/C30H20Br2/c31-26-15-11-21(12-16-26)25-19-28(22-7-3-1-4-8-22)30(24-13-17-27(32)18-14-24)29(20-25)23-9-5-2-6-10-23/h1-20H. The maximum atomic E-state index is 3.59. The lowest BCUT2D eigenvalue weighted by molar-refractivity contribution is 1.53. The van der Waals surface area contributed by atoms with Gasteiger partial charge < -0.3 is 0 Å². The van der Waals surface area contributed by atoms with E-state index < -0.39 is 0 Å². The van der Waals surface area contributed by atoms with Crippen LogP contribution in [0, 0.1) is 0 Å². The van der Waals surface area contributed by atoms with Crippen LogP contribution in [0.25, 0.3) is 44.5 Å². The lowest BCUT2D eigenvalue weighted by atomic mass is 9.85. The van der Waals surface area contributed by atoms with Crippen LogP contribution in [0.15, 0.2) is 130 Å². The van der Waals surface area contributed by atoms with Crippen molar-refractivity contribution in [3.63, 3.8) is 0 Å². The normalized spacial score (nSPS) is 10.8. The van der Waals surface area contributed by atoms with Crippen molar-refractivity contribution in [2.24, 2.45) is 0 Å². The van der Waals surface area contributed by atoms with Gasteiger partial charge in [-0.3, -0.25) is 0 Å². The van der Waals surface area contributed by atoms with Crippen LogP contribution in [0.1, 0.15) is 0 Å². The van der Waals surface area contributed by atoms with E-state index in [4.69, 9.17) is 0 Å². The van der Waals surface area contributed by atoms with E-state index in [2.05, 4.69) is 153 Å². The van der Waals surface area contributed by atoms with Crippen LogP contribution < -0.4 is 0 Å². The van der Waals surface area contributed by atoms with Crippen LogP contribution >= 0.6 is 31.9 Å². The number of hydrogen-bond acceptors (Lipinski definition) is 0. The Kier molecular flexibility index (Phi) is 6.07. The molecule has 0 aromatic heterocycles. The molecule has 5 aromatic rings. The van der Waals surface area contributed by atoms with Crippen LogP contribution in [0.5, 0.6) is 0 Å². The van der Waals surface area contributed by atoms with Crippen LogP contribution in [0.4, 0.5) is 0 Å². The first-order valence-corrected chi connectivity index (χ1v) is 12.1. The van der Waals surface area contributed by atoms with Gasteiger partial charge in [0.15, 0.2) is 0 Å². The summed E-state index contributed by atoms with van der Waals surface area (Å²) in [6.07, 6.45) is 0. The highest BCUT2D eigenvalue weighted by molar-refractivity contribution is 9.10. The second-order valence-corrected chi connectivity index (χ2v) is 9.52. The molecule has 0 atom stereocenters. The third-order valence-electron chi connectivity index (χ3n) is 5.62. The summed E-state index contributed by atoms with van der Waals surface area (Å²) in [7, 11) is 0. The van der Waals surface area contributed by atoms with Gasteiger partial charge in [-0.15, -0.1) is 0 Å². The molecule has 0 radical (unpaired) electrons. The molecule has 0 saturated heterocycles. The molecule has 5 aromatic carbocycles. The molecular formula is C30H20Br2. The first kappa shape index (κ1) is 20.9. The summed E-state index contributed by atoms with van der Waals surface area (Å²) in [5.41, 5.74) is 9.73. The summed E-state index contributed by atoms with van der Waals surface area (Å²) in [6.45, 7) is 0. The van der Waals surface area contributed by atoms with Gasteiger partial charge in [-0.1, -0.05) is 117 Å². The molecule has 0 aliphatic heterocycles. The Hall–Kier alpha value is -2.94. The van der Waals surface area contributed by atoms with Crippen molar-refractivity contribution in [3.05, 3.63) is 130 Å². The Labute approximate surface area is 205 Å². The van der Waals surface area contributed by atoms with Crippen molar-refractivity contribution in [1.82, 2.24) is 0 Å². The topological polar surface area (TPSA) is 0 Å². The van der Waals surface area contributed by atoms with E-state index in [1.54, 1.807) is 0 Å². The molecule has 0 saturated carbocycles. The minimum atomic E-state index is 1.08. The number of rotatable bonds is 4. The average molecular weight is 540 g/mol. The summed E-state index contributed by atoms with van der Waals surface area (Å²) in [4.78, 5) is 0. The fraction of sp³-hybridized carbons (Fsp3) is 0. The van der Waals surface area contributed by atoms with E-state index in [9.17, 15) is 0 Å². The molecule has 0 aliphatic rings. The Morgan fingerprint density at radius 2 is 0.750 bits per heavy atom. The molecule has 0 heterocycles. The van der Waals surface area contributed by atoms with E-state index in [0.717, 1.165) is 8.95 Å². The summed E-state index contributed by atoms with van der Waals surface area (Å²) >= 11 is 7.15. The number of hydrogen-bond donors (Lipinski definition) is 0. The maximum absolute atomic E-state index is 3.59. The van der Waals surface area contributed by atoms with Crippen LogP contribution in [0.3, 0.4) is 0 Å². The van der Waals surface area contributed by atoms with E-state index in [-0.39, 0.29) is 0 Å². The summed E-state index contributed by atoms with van der Waals surface area (Å²) in [6, 6.07) is 43.1. The molecule has 5 rings (SSSR count). The van der Waals surface area contributed by atoms with Gasteiger partial charge in [0.25, 0.3) is 0 Å². The first-order valence-electron chi connectivity index (χ1n) is 10.5. The van der Waals surface area contributed by atoms with E-state index in [1.807, 2.05) is 0 Å². The molecule has 0 bridgehead atoms. The van der Waals surface area contributed by atoms with E-state index in [1.165, 1.54) is 44.5 Å². The summed E-state index contributed by atoms with van der Waals surface area (Å²) in [5, 5.41) is 0. The van der Waals surface area contributed by atoms with Crippen LogP contribution in [-0.4, -0.2) is 0 Å². The minimum absolute atomic E-state index is 1.08. The third-order valence-corrected chi connectivity index (χ3v) is 6.68. The predicted octanol–water partition coefficient (Wildman–Crippen LogP) is 9.88.